The third kappa shape index (κ3) is 2.83. The van der Waals surface area contributed by atoms with Crippen molar-refractivity contribution in [3.05, 3.63) is 51.2 Å². The van der Waals surface area contributed by atoms with Gasteiger partial charge in [-0.3, -0.25) is 4.79 Å². The number of hydrogen-bond donors (Lipinski definition) is 2. The third-order valence-corrected chi connectivity index (χ3v) is 4.92. The van der Waals surface area contributed by atoms with Gasteiger partial charge in [-0.25, -0.2) is 0 Å². The Hall–Kier alpha value is -2.14. The summed E-state index contributed by atoms with van der Waals surface area (Å²) in [7, 11) is 0. The molecule has 1 heterocycles. The second kappa shape index (κ2) is 5.69. The molecule has 5 heteroatoms. The predicted octanol–water partition coefficient (Wildman–Crippen LogP) is 3.69. The molecule has 0 fully saturated rings. The molecule has 2 N–H and O–H groups in total. The van der Waals surface area contributed by atoms with Gasteiger partial charge in [-0.2, -0.15) is 0 Å². The van der Waals surface area contributed by atoms with Crippen LogP contribution in [0.5, 0.6) is 0 Å². The summed E-state index contributed by atoms with van der Waals surface area (Å²) < 4.78 is 0. The number of amides is 1. The summed E-state index contributed by atoms with van der Waals surface area (Å²) in [6.45, 7) is 1.72. The van der Waals surface area contributed by atoms with Crippen LogP contribution < -0.4 is 5.32 Å². The number of anilines is 1. The number of nitrogens with one attached hydrogen (secondary N) is 1. The minimum Gasteiger partial charge on any atom is -0.411 e. The fourth-order valence-electron chi connectivity index (χ4n) is 2.49. The average Bonchev–Trinajstić information content (AvgIpc) is 3.08. The number of thiophene rings is 1. The second-order valence-electron chi connectivity index (χ2n) is 5.13. The van der Waals surface area contributed by atoms with Crippen LogP contribution in [0, 0.1) is 0 Å². The highest BCUT2D eigenvalue weighted by Crippen LogP contribution is 2.31. The van der Waals surface area contributed by atoms with Crippen LogP contribution in [0.2, 0.25) is 0 Å². The van der Waals surface area contributed by atoms with E-state index in [1.54, 1.807) is 18.3 Å². The monoisotopic (exact) mass is 300 g/mol. The van der Waals surface area contributed by atoms with Crippen LogP contribution in [0.1, 0.15) is 39.0 Å². The maximum absolute atomic E-state index is 12.2. The van der Waals surface area contributed by atoms with Gasteiger partial charge in [0.05, 0.1) is 10.6 Å². The molecule has 1 aromatic heterocycles. The maximum atomic E-state index is 12.2. The summed E-state index contributed by atoms with van der Waals surface area (Å²) in [5, 5.41) is 14.8. The first-order valence-electron chi connectivity index (χ1n) is 6.89. The molecule has 1 aliphatic carbocycles. The Morgan fingerprint density at radius 1 is 1.29 bits per heavy atom. The van der Waals surface area contributed by atoms with E-state index >= 15 is 0 Å². The van der Waals surface area contributed by atoms with E-state index in [-0.39, 0.29) is 5.91 Å². The van der Waals surface area contributed by atoms with Crippen molar-refractivity contribution in [2.75, 3.05) is 5.32 Å². The summed E-state index contributed by atoms with van der Waals surface area (Å²) in [5.41, 5.74) is 3.44. The number of carbonyl (C=O) groups is 1. The van der Waals surface area contributed by atoms with Crippen LogP contribution in [0.3, 0.4) is 0 Å². The lowest BCUT2D eigenvalue weighted by atomic mass is 10.1. The van der Waals surface area contributed by atoms with Crippen LogP contribution in [-0.4, -0.2) is 16.8 Å². The maximum Gasteiger partial charge on any atom is 0.265 e. The van der Waals surface area contributed by atoms with Gasteiger partial charge in [0.25, 0.3) is 5.91 Å². The van der Waals surface area contributed by atoms with Gasteiger partial charge in [0, 0.05) is 10.6 Å². The highest BCUT2D eigenvalue weighted by Gasteiger charge is 2.18. The molecule has 0 aliphatic heterocycles. The van der Waals surface area contributed by atoms with Gasteiger partial charge in [-0.15, -0.1) is 11.3 Å². The molecular formula is C16H16N2O2S. The lowest BCUT2D eigenvalue weighted by Gasteiger charge is -2.05. The van der Waals surface area contributed by atoms with E-state index in [4.69, 9.17) is 5.21 Å². The fraction of sp³-hybridized carbons (Fsp3) is 0.250. The van der Waals surface area contributed by atoms with Crippen LogP contribution in [-0.2, 0) is 12.8 Å². The minimum atomic E-state index is -0.0605. The molecule has 0 spiro atoms. The largest absolute Gasteiger partial charge is 0.411 e. The van der Waals surface area contributed by atoms with E-state index in [1.807, 2.05) is 30.3 Å². The molecule has 0 unspecified atom stereocenters. The molecule has 0 radical (unpaired) electrons. The van der Waals surface area contributed by atoms with Crippen molar-refractivity contribution in [3.63, 3.8) is 0 Å². The lowest BCUT2D eigenvalue weighted by Crippen LogP contribution is -2.10. The number of rotatable bonds is 3. The number of hydrogen-bond acceptors (Lipinski definition) is 4. The average molecular weight is 300 g/mol. The molecule has 21 heavy (non-hydrogen) atoms. The zero-order valence-corrected chi connectivity index (χ0v) is 12.5. The van der Waals surface area contributed by atoms with Gasteiger partial charge in [-0.05, 0) is 55.5 Å². The van der Waals surface area contributed by atoms with Crippen LogP contribution >= 0.6 is 11.3 Å². The van der Waals surface area contributed by atoms with Gasteiger partial charge in [0.15, 0.2) is 0 Å². The Bertz CT molecular complexity index is 680. The van der Waals surface area contributed by atoms with E-state index in [2.05, 4.69) is 10.5 Å². The van der Waals surface area contributed by atoms with Crippen molar-refractivity contribution in [1.29, 1.82) is 0 Å². The van der Waals surface area contributed by atoms with Crippen LogP contribution in [0.4, 0.5) is 5.69 Å². The first-order chi connectivity index (χ1) is 10.2. The molecular weight excluding hydrogens is 284 g/mol. The highest BCUT2D eigenvalue weighted by atomic mass is 32.1. The first kappa shape index (κ1) is 13.8. The summed E-state index contributed by atoms with van der Waals surface area (Å²) >= 11 is 1.60. The molecule has 3 rings (SSSR count). The third-order valence-electron chi connectivity index (χ3n) is 3.68. The number of carbonyl (C=O) groups excluding carboxylic acids is 1. The van der Waals surface area contributed by atoms with E-state index < -0.39 is 0 Å². The number of benzene rings is 1. The van der Waals surface area contributed by atoms with E-state index in [0.717, 1.165) is 29.0 Å². The van der Waals surface area contributed by atoms with E-state index in [1.165, 1.54) is 16.9 Å². The molecule has 0 saturated heterocycles. The molecule has 1 aromatic carbocycles. The highest BCUT2D eigenvalue weighted by molar-refractivity contribution is 7.14. The Morgan fingerprint density at radius 3 is 2.71 bits per heavy atom. The van der Waals surface area contributed by atoms with Crippen molar-refractivity contribution in [3.8, 4) is 0 Å². The Labute approximate surface area is 127 Å². The van der Waals surface area contributed by atoms with Crippen LogP contribution in [0.25, 0.3) is 0 Å². The molecule has 4 nitrogen and oxygen atoms in total. The normalized spacial score (nSPS) is 14.0. The number of aryl methyl sites for hydroxylation is 2. The fourth-order valence-corrected chi connectivity index (χ4v) is 3.63. The molecule has 1 aliphatic rings. The van der Waals surface area contributed by atoms with Gasteiger partial charge >= 0.3 is 0 Å². The predicted molar refractivity (Wildman–Crippen MR) is 84.7 cm³/mol. The smallest absolute Gasteiger partial charge is 0.265 e. The quantitative estimate of drug-likeness (QED) is 0.516. The van der Waals surface area contributed by atoms with Gasteiger partial charge in [-0.1, -0.05) is 17.3 Å². The van der Waals surface area contributed by atoms with Crippen molar-refractivity contribution in [2.45, 2.75) is 26.2 Å². The second-order valence-corrected chi connectivity index (χ2v) is 6.27. The molecule has 0 atom stereocenters. The standard InChI is InChI=1S/C16H16N2O2S/c1-10(18-20)11-5-7-13(8-6-11)17-16(19)15-9-12-3-2-4-14(12)21-15/h5-9,20H,2-4H2,1H3,(H,17,19)/b18-10+. The molecule has 0 bridgehead atoms. The lowest BCUT2D eigenvalue weighted by molar-refractivity contribution is 0.103. The number of nitrogens with zero attached hydrogens (tertiary/aromatic N) is 1. The zero-order valence-electron chi connectivity index (χ0n) is 11.7. The van der Waals surface area contributed by atoms with Crippen molar-refractivity contribution >= 4 is 28.6 Å². The number of fused-ring (bicyclic) bond motifs is 1. The zero-order chi connectivity index (χ0) is 14.8. The summed E-state index contributed by atoms with van der Waals surface area (Å²) in [6.07, 6.45) is 3.39. The molecule has 2 aromatic rings. The minimum absolute atomic E-state index is 0.0605. The van der Waals surface area contributed by atoms with Crippen LogP contribution in [0.15, 0.2) is 35.5 Å². The SMILES string of the molecule is C/C(=N\O)c1ccc(NC(=O)c2cc3c(s2)CCC3)cc1. The van der Waals surface area contributed by atoms with Gasteiger partial charge in [0.2, 0.25) is 0 Å². The van der Waals surface area contributed by atoms with Crippen molar-refractivity contribution in [2.24, 2.45) is 5.16 Å². The molecule has 108 valence electrons. The topological polar surface area (TPSA) is 61.7 Å². The Balaban J connectivity index is 1.72. The molecule has 1 amide bonds. The van der Waals surface area contributed by atoms with E-state index in [9.17, 15) is 4.79 Å². The van der Waals surface area contributed by atoms with Crippen molar-refractivity contribution in [1.82, 2.24) is 0 Å². The first-order valence-corrected chi connectivity index (χ1v) is 7.71. The van der Waals surface area contributed by atoms with Gasteiger partial charge in [0.1, 0.15) is 0 Å². The Kier molecular flexibility index (Phi) is 3.75. The number of oxime groups is 1. The summed E-state index contributed by atoms with van der Waals surface area (Å²) in [6, 6.07) is 9.27. The van der Waals surface area contributed by atoms with E-state index in [0.29, 0.717) is 5.71 Å². The van der Waals surface area contributed by atoms with Crippen molar-refractivity contribution < 1.29 is 10.0 Å². The van der Waals surface area contributed by atoms with Gasteiger partial charge < -0.3 is 10.5 Å². The molecule has 0 saturated carbocycles. The summed E-state index contributed by atoms with van der Waals surface area (Å²) in [4.78, 5) is 14.4. The Morgan fingerprint density at radius 2 is 2.05 bits per heavy atom. The summed E-state index contributed by atoms with van der Waals surface area (Å²) in [5.74, 6) is -0.0605.